The van der Waals surface area contributed by atoms with Crippen molar-refractivity contribution in [3.8, 4) is 0 Å². The van der Waals surface area contributed by atoms with Gasteiger partial charge in [0.05, 0.1) is 6.42 Å². The van der Waals surface area contributed by atoms with Gasteiger partial charge in [-0.3, -0.25) is 9.59 Å². The molecule has 4 nitrogen and oxygen atoms in total. The average molecular weight is 275 g/mol. The number of hydrogen-bond donors (Lipinski definition) is 2. The lowest BCUT2D eigenvalue weighted by Gasteiger charge is -2.16. The maximum absolute atomic E-state index is 12.0. The SMILES string of the molecule is O=C(O)C[C@@H](CNC(=O)C(F)(F)F)c1ccccc1. The number of carbonyl (C=O) groups excluding carboxylic acids is 1. The summed E-state index contributed by atoms with van der Waals surface area (Å²) in [5.74, 6) is -3.92. The highest BCUT2D eigenvalue weighted by atomic mass is 19.4. The Labute approximate surface area is 107 Å². The van der Waals surface area contributed by atoms with Crippen LogP contribution in [0.3, 0.4) is 0 Å². The summed E-state index contributed by atoms with van der Waals surface area (Å²) in [6.45, 7) is -0.380. The van der Waals surface area contributed by atoms with Crippen LogP contribution >= 0.6 is 0 Å². The summed E-state index contributed by atoms with van der Waals surface area (Å²) in [7, 11) is 0. The van der Waals surface area contributed by atoms with Crippen molar-refractivity contribution >= 4 is 11.9 Å². The van der Waals surface area contributed by atoms with Crippen LogP contribution in [0.1, 0.15) is 17.9 Å². The highest BCUT2D eigenvalue weighted by Crippen LogP contribution is 2.20. The van der Waals surface area contributed by atoms with Crippen molar-refractivity contribution in [2.24, 2.45) is 0 Å². The van der Waals surface area contributed by atoms with E-state index in [0.717, 1.165) is 0 Å². The Kier molecular flexibility index (Phi) is 4.91. The predicted molar refractivity (Wildman–Crippen MR) is 60.5 cm³/mol. The first-order chi connectivity index (χ1) is 8.80. The smallest absolute Gasteiger partial charge is 0.471 e. The van der Waals surface area contributed by atoms with Gasteiger partial charge in [0.2, 0.25) is 0 Å². The first kappa shape index (κ1) is 15.0. The van der Waals surface area contributed by atoms with Crippen LogP contribution in [0.2, 0.25) is 0 Å². The van der Waals surface area contributed by atoms with Gasteiger partial charge in [0.25, 0.3) is 0 Å². The minimum Gasteiger partial charge on any atom is -0.481 e. The number of aliphatic carboxylic acids is 1. The summed E-state index contributed by atoms with van der Waals surface area (Å²) in [6, 6.07) is 8.21. The molecular weight excluding hydrogens is 263 g/mol. The molecule has 0 aliphatic heterocycles. The van der Waals surface area contributed by atoms with Crippen molar-refractivity contribution in [2.45, 2.75) is 18.5 Å². The number of alkyl halides is 3. The van der Waals surface area contributed by atoms with E-state index in [9.17, 15) is 22.8 Å². The Morgan fingerprint density at radius 1 is 1.21 bits per heavy atom. The van der Waals surface area contributed by atoms with Crippen LogP contribution in [0.15, 0.2) is 30.3 Å². The van der Waals surface area contributed by atoms with Crippen LogP contribution in [0, 0.1) is 0 Å². The molecule has 19 heavy (non-hydrogen) atoms. The molecule has 0 spiro atoms. The van der Waals surface area contributed by atoms with Crippen molar-refractivity contribution in [2.75, 3.05) is 6.54 Å². The van der Waals surface area contributed by atoms with E-state index < -0.39 is 24.0 Å². The van der Waals surface area contributed by atoms with E-state index in [0.29, 0.717) is 5.56 Å². The first-order valence-corrected chi connectivity index (χ1v) is 5.42. The molecule has 2 N–H and O–H groups in total. The second-order valence-electron chi connectivity index (χ2n) is 3.91. The number of amides is 1. The lowest BCUT2D eigenvalue weighted by molar-refractivity contribution is -0.173. The van der Waals surface area contributed by atoms with Crippen molar-refractivity contribution in [3.05, 3.63) is 35.9 Å². The molecule has 1 amide bonds. The van der Waals surface area contributed by atoms with Crippen LogP contribution in [0.25, 0.3) is 0 Å². The Balaban J connectivity index is 2.72. The molecular formula is C12H12F3NO3. The monoisotopic (exact) mass is 275 g/mol. The quantitative estimate of drug-likeness (QED) is 0.862. The number of carboxylic acids is 1. The topological polar surface area (TPSA) is 66.4 Å². The number of rotatable bonds is 5. The van der Waals surface area contributed by atoms with Gasteiger partial charge in [-0.25, -0.2) is 0 Å². The molecule has 1 atom stereocenters. The highest BCUT2D eigenvalue weighted by Gasteiger charge is 2.38. The van der Waals surface area contributed by atoms with E-state index in [1.807, 2.05) is 0 Å². The Morgan fingerprint density at radius 2 is 1.79 bits per heavy atom. The molecule has 0 aliphatic rings. The third kappa shape index (κ3) is 4.99. The van der Waals surface area contributed by atoms with E-state index in [1.54, 1.807) is 35.6 Å². The van der Waals surface area contributed by atoms with Gasteiger partial charge in [-0.05, 0) is 5.56 Å². The standard InChI is InChI=1S/C12H12F3NO3/c13-12(14,15)11(19)16-7-9(6-10(17)18)8-4-2-1-3-5-8/h1-5,9H,6-7H2,(H,16,19)(H,17,18)/t9-/m0/s1. The third-order valence-corrected chi connectivity index (χ3v) is 2.46. The van der Waals surface area contributed by atoms with Gasteiger partial charge in [0, 0.05) is 12.5 Å². The fourth-order valence-corrected chi connectivity index (χ4v) is 1.56. The fourth-order valence-electron chi connectivity index (χ4n) is 1.56. The summed E-state index contributed by atoms with van der Waals surface area (Å²) >= 11 is 0. The summed E-state index contributed by atoms with van der Waals surface area (Å²) in [5, 5.41) is 10.4. The zero-order valence-corrected chi connectivity index (χ0v) is 9.78. The molecule has 7 heteroatoms. The second-order valence-corrected chi connectivity index (χ2v) is 3.91. The van der Waals surface area contributed by atoms with Crippen LogP contribution < -0.4 is 5.32 Å². The van der Waals surface area contributed by atoms with Crippen molar-refractivity contribution in [3.63, 3.8) is 0 Å². The van der Waals surface area contributed by atoms with Gasteiger partial charge in [-0.2, -0.15) is 13.2 Å². The van der Waals surface area contributed by atoms with Gasteiger partial charge < -0.3 is 10.4 Å². The molecule has 0 radical (unpaired) electrons. The molecule has 0 aliphatic carbocycles. The number of halogens is 3. The number of carbonyl (C=O) groups is 2. The molecule has 104 valence electrons. The molecule has 0 fully saturated rings. The fraction of sp³-hybridized carbons (Fsp3) is 0.333. The molecule has 0 unspecified atom stereocenters. The lowest BCUT2D eigenvalue weighted by atomic mass is 9.96. The first-order valence-electron chi connectivity index (χ1n) is 5.42. The van der Waals surface area contributed by atoms with Crippen molar-refractivity contribution in [1.82, 2.24) is 5.32 Å². The highest BCUT2D eigenvalue weighted by molar-refractivity contribution is 5.81. The molecule has 0 heterocycles. The Morgan fingerprint density at radius 3 is 2.26 bits per heavy atom. The predicted octanol–water partition coefficient (Wildman–Crippen LogP) is 1.92. The Hall–Kier alpha value is -2.05. The van der Waals surface area contributed by atoms with E-state index in [4.69, 9.17) is 5.11 Å². The van der Waals surface area contributed by atoms with Crippen LogP contribution in [0.4, 0.5) is 13.2 Å². The zero-order chi connectivity index (χ0) is 14.5. The normalized spacial score (nSPS) is 12.8. The Bertz CT molecular complexity index is 445. The number of benzene rings is 1. The maximum Gasteiger partial charge on any atom is 0.471 e. The number of nitrogens with one attached hydrogen (secondary N) is 1. The largest absolute Gasteiger partial charge is 0.481 e. The minimum atomic E-state index is -4.97. The van der Waals surface area contributed by atoms with Crippen LogP contribution in [-0.2, 0) is 9.59 Å². The number of hydrogen-bond acceptors (Lipinski definition) is 2. The summed E-state index contributed by atoms with van der Waals surface area (Å²) in [5.41, 5.74) is 0.562. The van der Waals surface area contributed by atoms with E-state index in [1.165, 1.54) is 0 Å². The molecule has 0 bridgehead atoms. The number of carboxylic acid groups (broad SMARTS) is 1. The third-order valence-electron chi connectivity index (χ3n) is 2.46. The minimum absolute atomic E-state index is 0.359. The summed E-state index contributed by atoms with van der Waals surface area (Å²) < 4.78 is 36.1. The summed E-state index contributed by atoms with van der Waals surface area (Å²) in [6.07, 6.45) is -5.33. The lowest BCUT2D eigenvalue weighted by Crippen LogP contribution is -2.39. The van der Waals surface area contributed by atoms with Gasteiger partial charge in [-0.15, -0.1) is 0 Å². The van der Waals surface area contributed by atoms with Gasteiger partial charge in [-0.1, -0.05) is 30.3 Å². The molecule has 0 aromatic heterocycles. The molecule has 0 saturated heterocycles. The van der Waals surface area contributed by atoms with Crippen LogP contribution in [0.5, 0.6) is 0 Å². The van der Waals surface area contributed by atoms with Gasteiger partial charge >= 0.3 is 18.1 Å². The van der Waals surface area contributed by atoms with Crippen molar-refractivity contribution < 1.29 is 27.9 Å². The van der Waals surface area contributed by atoms with E-state index in [2.05, 4.69) is 0 Å². The van der Waals surface area contributed by atoms with Crippen molar-refractivity contribution in [1.29, 1.82) is 0 Å². The maximum atomic E-state index is 12.0. The van der Waals surface area contributed by atoms with Crippen LogP contribution in [-0.4, -0.2) is 29.7 Å². The van der Waals surface area contributed by atoms with E-state index >= 15 is 0 Å². The zero-order valence-electron chi connectivity index (χ0n) is 9.78. The van der Waals surface area contributed by atoms with Gasteiger partial charge in [0.15, 0.2) is 0 Å². The molecule has 1 rings (SSSR count). The van der Waals surface area contributed by atoms with Gasteiger partial charge in [0.1, 0.15) is 0 Å². The average Bonchev–Trinajstić information content (AvgIpc) is 2.33. The molecule has 1 aromatic rings. The second kappa shape index (κ2) is 6.21. The molecule has 1 aromatic carbocycles. The summed E-state index contributed by atoms with van der Waals surface area (Å²) in [4.78, 5) is 21.4. The molecule has 0 saturated carbocycles. The van der Waals surface area contributed by atoms with E-state index in [-0.39, 0.29) is 13.0 Å².